The third-order valence-corrected chi connectivity index (χ3v) is 3.15. The fourth-order valence-electron chi connectivity index (χ4n) is 2.35. The summed E-state index contributed by atoms with van der Waals surface area (Å²) in [7, 11) is 0. The number of hydrogen-bond donors (Lipinski definition) is 0. The maximum atomic E-state index is 11.6. The van der Waals surface area contributed by atoms with Gasteiger partial charge < -0.3 is 9.64 Å². The molecule has 0 unspecified atom stereocenters. The Bertz CT molecular complexity index is 306. The van der Waals surface area contributed by atoms with Crippen molar-refractivity contribution in [1.82, 2.24) is 10.2 Å². The molecule has 2 fully saturated rings. The van der Waals surface area contributed by atoms with Crippen LogP contribution < -0.4 is 5.32 Å². The minimum atomic E-state index is -0.926. The molecule has 2 aliphatic rings. The van der Waals surface area contributed by atoms with Gasteiger partial charge in [0.05, 0.1) is 0 Å². The second-order valence-electron chi connectivity index (χ2n) is 4.97. The molecule has 0 N–H and O–H groups in total. The van der Waals surface area contributed by atoms with Gasteiger partial charge in [-0.15, -0.1) is 5.32 Å². The number of imide groups is 1. The van der Waals surface area contributed by atoms with Crippen molar-refractivity contribution in [2.24, 2.45) is 5.92 Å². The van der Waals surface area contributed by atoms with Crippen LogP contribution in [0.5, 0.6) is 0 Å². The van der Waals surface area contributed by atoms with Gasteiger partial charge in [-0.1, -0.05) is 13.8 Å². The Morgan fingerprint density at radius 3 is 2.44 bits per heavy atom. The lowest BCUT2D eigenvalue weighted by Gasteiger charge is -2.36. The van der Waals surface area contributed by atoms with Crippen molar-refractivity contribution in [2.75, 3.05) is 19.6 Å². The molecule has 0 atom stereocenters. The molecular formula is C11H17N2O3. The first kappa shape index (κ1) is 11.4. The van der Waals surface area contributed by atoms with E-state index in [1.807, 2.05) is 0 Å². The lowest BCUT2D eigenvalue weighted by atomic mass is 9.90. The van der Waals surface area contributed by atoms with Crippen molar-refractivity contribution in [3.8, 4) is 0 Å². The molecule has 2 rings (SSSR count). The van der Waals surface area contributed by atoms with Crippen LogP contribution in [0, 0.1) is 5.92 Å². The zero-order valence-electron chi connectivity index (χ0n) is 9.73. The maximum Gasteiger partial charge on any atom is 0.437 e. The van der Waals surface area contributed by atoms with Crippen molar-refractivity contribution in [3.05, 3.63) is 0 Å². The van der Waals surface area contributed by atoms with E-state index in [1.54, 1.807) is 0 Å². The number of likely N-dealkylation sites (tertiary alicyclic amines) is 1. The quantitative estimate of drug-likeness (QED) is 0.696. The Kier molecular flexibility index (Phi) is 2.88. The molecule has 2 saturated heterocycles. The highest BCUT2D eigenvalue weighted by Gasteiger charge is 2.51. The normalized spacial score (nSPS) is 24.9. The topological polar surface area (TPSA) is 60.7 Å². The van der Waals surface area contributed by atoms with E-state index in [-0.39, 0.29) is 5.91 Å². The molecule has 0 aromatic carbocycles. The van der Waals surface area contributed by atoms with Crippen LogP contribution in [-0.4, -0.2) is 42.1 Å². The number of rotatable bonds is 2. The third kappa shape index (κ3) is 2.04. The van der Waals surface area contributed by atoms with Crippen LogP contribution in [0.15, 0.2) is 0 Å². The zero-order valence-corrected chi connectivity index (χ0v) is 9.73. The van der Waals surface area contributed by atoms with E-state index in [9.17, 15) is 9.59 Å². The molecule has 16 heavy (non-hydrogen) atoms. The van der Waals surface area contributed by atoms with Gasteiger partial charge in [-0.3, -0.25) is 4.79 Å². The van der Waals surface area contributed by atoms with Crippen LogP contribution in [0.1, 0.15) is 26.7 Å². The number of ether oxygens (including phenoxy) is 1. The summed E-state index contributed by atoms with van der Waals surface area (Å²) in [5, 5.41) is 3.33. The second-order valence-corrected chi connectivity index (χ2v) is 4.97. The summed E-state index contributed by atoms with van der Waals surface area (Å²) in [5.41, 5.74) is -0.926. The Morgan fingerprint density at radius 1 is 1.38 bits per heavy atom. The molecular weight excluding hydrogens is 208 g/mol. The van der Waals surface area contributed by atoms with Crippen molar-refractivity contribution in [1.29, 1.82) is 0 Å². The first-order chi connectivity index (χ1) is 7.52. The average Bonchev–Trinajstić information content (AvgIpc) is 2.45. The summed E-state index contributed by atoms with van der Waals surface area (Å²) in [6.07, 6.45) is 0.434. The van der Waals surface area contributed by atoms with Crippen LogP contribution >= 0.6 is 0 Å². The van der Waals surface area contributed by atoms with Crippen molar-refractivity contribution < 1.29 is 14.3 Å². The van der Waals surface area contributed by atoms with Gasteiger partial charge >= 0.3 is 6.09 Å². The molecule has 0 aliphatic carbocycles. The Morgan fingerprint density at radius 2 is 2.00 bits per heavy atom. The Balaban J connectivity index is 1.94. The predicted molar refractivity (Wildman–Crippen MR) is 56.9 cm³/mol. The van der Waals surface area contributed by atoms with E-state index in [1.165, 1.54) is 0 Å². The van der Waals surface area contributed by atoms with Gasteiger partial charge in [0.1, 0.15) is 0 Å². The van der Waals surface area contributed by atoms with Gasteiger partial charge in [0.2, 0.25) is 0 Å². The van der Waals surface area contributed by atoms with Gasteiger partial charge in [-0.2, -0.15) is 0 Å². The summed E-state index contributed by atoms with van der Waals surface area (Å²) < 4.78 is 5.07. The van der Waals surface area contributed by atoms with Crippen molar-refractivity contribution in [2.45, 2.75) is 32.3 Å². The van der Waals surface area contributed by atoms with Crippen molar-refractivity contribution >= 4 is 12.0 Å². The lowest BCUT2D eigenvalue weighted by Crippen LogP contribution is -2.49. The average molecular weight is 225 g/mol. The Labute approximate surface area is 95.1 Å². The van der Waals surface area contributed by atoms with Gasteiger partial charge in [-0.05, 0) is 5.92 Å². The van der Waals surface area contributed by atoms with Crippen LogP contribution in [0.3, 0.4) is 0 Å². The highest BCUT2D eigenvalue weighted by Crippen LogP contribution is 2.31. The molecule has 1 spiro atoms. The van der Waals surface area contributed by atoms with E-state index in [0.717, 1.165) is 19.6 Å². The largest absolute Gasteiger partial charge is 0.437 e. The zero-order chi connectivity index (χ0) is 11.8. The number of nitrogens with zero attached hydrogens (tertiary/aromatic N) is 2. The highest BCUT2D eigenvalue weighted by molar-refractivity contribution is 6.02. The van der Waals surface area contributed by atoms with Gasteiger partial charge in [0.15, 0.2) is 5.60 Å². The molecule has 0 bridgehead atoms. The first-order valence-corrected chi connectivity index (χ1v) is 5.73. The van der Waals surface area contributed by atoms with E-state index in [2.05, 4.69) is 24.1 Å². The molecule has 2 amide bonds. The summed E-state index contributed by atoms with van der Waals surface area (Å²) >= 11 is 0. The van der Waals surface area contributed by atoms with Crippen LogP contribution in [-0.2, 0) is 9.53 Å². The molecule has 2 aliphatic heterocycles. The number of carbonyl (C=O) groups excluding carboxylic acids is 2. The summed E-state index contributed by atoms with van der Waals surface area (Å²) in [6.45, 7) is 6.95. The molecule has 89 valence electrons. The van der Waals surface area contributed by atoms with Gasteiger partial charge in [0, 0.05) is 32.5 Å². The van der Waals surface area contributed by atoms with E-state index < -0.39 is 11.7 Å². The van der Waals surface area contributed by atoms with Crippen LogP contribution in [0.4, 0.5) is 4.79 Å². The molecule has 0 aromatic rings. The molecule has 2 heterocycles. The van der Waals surface area contributed by atoms with E-state index in [4.69, 9.17) is 4.74 Å². The van der Waals surface area contributed by atoms with Crippen LogP contribution in [0.2, 0.25) is 0 Å². The van der Waals surface area contributed by atoms with Gasteiger partial charge in [-0.25, -0.2) is 4.79 Å². The lowest BCUT2D eigenvalue weighted by molar-refractivity contribution is -0.135. The molecule has 5 heteroatoms. The van der Waals surface area contributed by atoms with Crippen LogP contribution in [0.25, 0.3) is 0 Å². The maximum absolute atomic E-state index is 11.6. The summed E-state index contributed by atoms with van der Waals surface area (Å²) in [4.78, 5) is 24.8. The smallest absolute Gasteiger partial charge is 0.431 e. The number of amides is 2. The third-order valence-electron chi connectivity index (χ3n) is 3.15. The van der Waals surface area contributed by atoms with Crippen molar-refractivity contribution in [3.63, 3.8) is 0 Å². The number of piperidine rings is 1. The summed E-state index contributed by atoms with van der Waals surface area (Å²) in [5.74, 6) is 0.224. The monoisotopic (exact) mass is 225 g/mol. The fraction of sp³-hybridized carbons (Fsp3) is 0.818. The highest BCUT2D eigenvalue weighted by atomic mass is 16.6. The predicted octanol–water partition coefficient (Wildman–Crippen LogP) is 0.758. The first-order valence-electron chi connectivity index (χ1n) is 5.73. The second kappa shape index (κ2) is 4.05. The SMILES string of the molecule is CC(C)CN1CCC2(CC1)OC(=O)[N]C2=O. The number of hydrogen-bond acceptors (Lipinski definition) is 4. The minimum absolute atomic E-state index is 0.387. The molecule has 5 nitrogen and oxygen atoms in total. The molecule has 0 saturated carbocycles. The Hall–Kier alpha value is -1.10. The standard InChI is InChI=1S/C11H17N2O3/c1-8(2)7-13-5-3-11(4-6-13)9(14)12-10(15)16-11/h8H,3-7H2,1-2H3. The molecule has 0 aromatic heterocycles. The van der Waals surface area contributed by atoms with E-state index in [0.29, 0.717) is 18.8 Å². The number of carbonyl (C=O) groups is 2. The molecule has 1 radical (unpaired) electrons. The minimum Gasteiger partial charge on any atom is -0.431 e. The fourth-order valence-corrected chi connectivity index (χ4v) is 2.35. The van der Waals surface area contributed by atoms with Gasteiger partial charge in [0.25, 0.3) is 5.91 Å². The summed E-state index contributed by atoms with van der Waals surface area (Å²) in [6, 6.07) is 0. The van der Waals surface area contributed by atoms with E-state index >= 15 is 0 Å².